The second-order valence-corrected chi connectivity index (χ2v) is 11.8. The molecule has 0 fully saturated rings. The van der Waals surface area contributed by atoms with Crippen LogP contribution in [0.5, 0.6) is 5.75 Å². The summed E-state index contributed by atoms with van der Waals surface area (Å²) in [4.78, 5) is 41.5. The lowest BCUT2D eigenvalue weighted by atomic mass is 10.1. The van der Waals surface area contributed by atoms with Crippen LogP contribution in [-0.4, -0.2) is 48.3 Å². The van der Waals surface area contributed by atoms with Gasteiger partial charge in [0, 0.05) is 18.0 Å². The van der Waals surface area contributed by atoms with Crippen LogP contribution in [0.1, 0.15) is 56.0 Å². The van der Waals surface area contributed by atoms with E-state index in [2.05, 4.69) is 10.6 Å². The highest BCUT2D eigenvalue weighted by atomic mass is 32.1. The summed E-state index contributed by atoms with van der Waals surface area (Å²) in [6.07, 6.45) is 0.399. The summed E-state index contributed by atoms with van der Waals surface area (Å²) in [7, 11) is 1.60. The van der Waals surface area contributed by atoms with Gasteiger partial charge in [0.15, 0.2) is 0 Å². The molecule has 9 nitrogen and oxygen atoms in total. The molecule has 10 heteroatoms. The molecule has 0 aliphatic heterocycles. The number of hydrogen-bond acceptors (Lipinski definition) is 7. The number of hydrogen-bond donors (Lipinski definition) is 2. The van der Waals surface area contributed by atoms with Crippen LogP contribution in [0.2, 0.25) is 0 Å². The van der Waals surface area contributed by atoms with Gasteiger partial charge in [0.25, 0.3) is 0 Å². The number of carbonyl (C=O) groups excluding carboxylic acids is 3. The quantitative estimate of drug-likeness (QED) is 0.213. The lowest BCUT2D eigenvalue weighted by Crippen LogP contribution is -2.49. The molecule has 1 heterocycles. The number of carbonyl (C=O) groups is 3. The molecule has 0 saturated heterocycles. The molecule has 0 bridgehead atoms. The van der Waals surface area contributed by atoms with Gasteiger partial charge in [0.05, 0.1) is 13.7 Å². The van der Waals surface area contributed by atoms with Crippen molar-refractivity contribution in [3.63, 3.8) is 0 Å². The average molecular weight is 596 g/mol. The van der Waals surface area contributed by atoms with Crippen molar-refractivity contribution in [1.82, 2.24) is 15.5 Å². The monoisotopic (exact) mass is 595 g/mol. The smallest absolute Gasteiger partial charge is 0.408 e. The minimum atomic E-state index is -0.810. The number of rotatable bonds is 14. The van der Waals surface area contributed by atoms with Crippen molar-refractivity contribution in [2.75, 3.05) is 13.7 Å². The molecule has 0 spiro atoms. The highest BCUT2D eigenvalue weighted by Gasteiger charge is 2.28. The number of alkyl carbamates (subject to hydrolysis) is 2. The summed E-state index contributed by atoms with van der Waals surface area (Å²) in [6, 6.07) is 20.1. The van der Waals surface area contributed by atoms with Crippen LogP contribution in [0.4, 0.5) is 9.59 Å². The summed E-state index contributed by atoms with van der Waals surface area (Å²) in [6.45, 7) is 6.64. The zero-order valence-corrected chi connectivity index (χ0v) is 25.6. The third kappa shape index (κ3) is 11.8. The SMILES string of the molecule is COc1cccc(CN(Cc2cccs2)C(=O)C(CCCCNC(=O)OCc2ccccc2)NC(=O)OC(C)(C)C)c1. The maximum Gasteiger partial charge on any atom is 0.408 e. The van der Waals surface area contributed by atoms with Gasteiger partial charge in [-0.2, -0.15) is 0 Å². The third-order valence-corrected chi connectivity index (χ3v) is 7.00. The van der Waals surface area contributed by atoms with Crippen LogP contribution >= 0.6 is 11.3 Å². The van der Waals surface area contributed by atoms with E-state index in [0.717, 1.165) is 16.0 Å². The molecule has 1 aromatic heterocycles. The van der Waals surface area contributed by atoms with Gasteiger partial charge in [-0.15, -0.1) is 11.3 Å². The Morgan fingerprint density at radius 1 is 0.905 bits per heavy atom. The Morgan fingerprint density at radius 2 is 1.67 bits per heavy atom. The summed E-state index contributed by atoms with van der Waals surface area (Å²) < 4.78 is 16.1. The van der Waals surface area contributed by atoms with E-state index in [1.165, 1.54) is 0 Å². The van der Waals surface area contributed by atoms with Crippen LogP contribution in [0.15, 0.2) is 72.1 Å². The zero-order chi connectivity index (χ0) is 30.4. The first kappa shape index (κ1) is 32.5. The largest absolute Gasteiger partial charge is 0.497 e. The lowest BCUT2D eigenvalue weighted by molar-refractivity contribution is -0.135. The number of unbranched alkanes of at least 4 members (excludes halogenated alkanes) is 1. The Kier molecular flexibility index (Phi) is 12.7. The van der Waals surface area contributed by atoms with Crippen molar-refractivity contribution in [3.05, 3.63) is 88.1 Å². The van der Waals surface area contributed by atoms with Gasteiger partial charge in [-0.25, -0.2) is 9.59 Å². The molecule has 0 aliphatic rings. The van der Waals surface area contributed by atoms with Crippen LogP contribution < -0.4 is 15.4 Å². The lowest BCUT2D eigenvalue weighted by Gasteiger charge is -2.29. The Balaban J connectivity index is 1.63. The number of nitrogens with one attached hydrogen (secondary N) is 2. The fraction of sp³-hybridized carbons (Fsp3) is 0.406. The van der Waals surface area contributed by atoms with Crippen molar-refractivity contribution >= 4 is 29.4 Å². The molecular weight excluding hydrogens is 554 g/mol. The molecular formula is C32H41N3O6S. The fourth-order valence-electron chi connectivity index (χ4n) is 4.16. The fourth-order valence-corrected chi connectivity index (χ4v) is 4.88. The molecule has 2 aromatic carbocycles. The van der Waals surface area contributed by atoms with E-state index in [9.17, 15) is 14.4 Å². The topological polar surface area (TPSA) is 106 Å². The number of amides is 3. The molecule has 0 saturated carbocycles. The van der Waals surface area contributed by atoms with E-state index < -0.39 is 23.8 Å². The maximum absolute atomic E-state index is 14.0. The number of methoxy groups -OCH3 is 1. The zero-order valence-electron chi connectivity index (χ0n) is 24.8. The first-order valence-electron chi connectivity index (χ1n) is 14.0. The predicted octanol–water partition coefficient (Wildman–Crippen LogP) is 6.28. The maximum atomic E-state index is 14.0. The number of benzene rings is 2. The van der Waals surface area contributed by atoms with Crippen LogP contribution in [0, 0.1) is 0 Å². The number of nitrogens with zero attached hydrogens (tertiary/aromatic N) is 1. The van der Waals surface area contributed by atoms with Gasteiger partial charge in [-0.1, -0.05) is 48.5 Å². The molecule has 1 unspecified atom stereocenters. The molecule has 3 rings (SSSR count). The minimum Gasteiger partial charge on any atom is -0.497 e. The number of ether oxygens (including phenoxy) is 3. The van der Waals surface area contributed by atoms with E-state index in [-0.39, 0.29) is 12.5 Å². The van der Waals surface area contributed by atoms with Crippen molar-refractivity contribution < 1.29 is 28.6 Å². The molecule has 3 aromatic rings. The van der Waals surface area contributed by atoms with E-state index in [0.29, 0.717) is 44.6 Å². The first-order chi connectivity index (χ1) is 20.1. The second kappa shape index (κ2) is 16.4. The van der Waals surface area contributed by atoms with Gasteiger partial charge in [-0.05, 0) is 74.7 Å². The summed E-state index contributed by atoms with van der Waals surface area (Å²) in [5.74, 6) is 0.488. The second-order valence-electron chi connectivity index (χ2n) is 10.8. The van der Waals surface area contributed by atoms with E-state index in [4.69, 9.17) is 14.2 Å². The molecule has 0 radical (unpaired) electrons. The highest BCUT2D eigenvalue weighted by molar-refractivity contribution is 7.09. The molecule has 42 heavy (non-hydrogen) atoms. The van der Waals surface area contributed by atoms with Gasteiger partial charge in [-0.3, -0.25) is 4.79 Å². The standard InChI is InChI=1S/C32H41N3O6S/c1-32(2,3)41-31(38)34-28(17-8-9-18-33-30(37)40-23-24-12-6-5-7-13-24)29(36)35(22-27-16-11-19-42-27)21-25-14-10-15-26(20-25)39-4/h5-7,10-16,19-20,28H,8-9,17-18,21-23H2,1-4H3,(H,33,37)(H,34,38). The van der Waals surface area contributed by atoms with Crippen LogP contribution in [-0.2, 0) is 34.0 Å². The van der Waals surface area contributed by atoms with E-state index >= 15 is 0 Å². The normalized spacial score (nSPS) is 11.7. The van der Waals surface area contributed by atoms with Crippen molar-refractivity contribution in [3.8, 4) is 5.75 Å². The predicted molar refractivity (Wildman–Crippen MR) is 163 cm³/mol. The van der Waals surface area contributed by atoms with Crippen LogP contribution in [0.3, 0.4) is 0 Å². The summed E-state index contributed by atoms with van der Waals surface area (Å²) in [5, 5.41) is 7.51. The average Bonchev–Trinajstić information content (AvgIpc) is 3.47. The van der Waals surface area contributed by atoms with Crippen molar-refractivity contribution in [1.29, 1.82) is 0 Å². The molecule has 0 aliphatic carbocycles. The number of thiophene rings is 1. The highest BCUT2D eigenvalue weighted by Crippen LogP contribution is 2.20. The van der Waals surface area contributed by atoms with Gasteiger partial charge < -0.3 is 29.7 Å². The Labute approximate surface area is 252 Å². The van der Waals surface area contributed by atoms with Crippen molar-refractivity contribution in [2.24, 2.45) is 0 Å². The summed E-state index contributed by atoms with van der Waals surface area (Å²) in [5.41, 5.74) is 1.11. The Hall–Kier alpha value is -4.05. The van der Waals surface area contributed by atoms with Crippen molar-refractivity contribution in [2.45, 2.75) is 71.4 Å². The van der Waals surface area contributed by atoms with Gasteiger partial charge >= 0.3 is 12.2 Å². The molecule has 2 N–H and O–H groups in total. The molecule has 3 amide bonds. The van der Waals surface area contributed by atoms with E-state index in [1.807, 2.05) is 72.1 Å². The molecule has 226 valence electrons. The molecule has 1 atom stereocenters. The van der Waals surface area contributed by atoms with Gasteiger partial charge in [0.1, 0.15) is 24.0 Å². The minimum absolute atomic E-state index is 0.191. The Bertz CT molecular complexity index is 1260. The third-order valence-electron chi connectivity index (χ3n) is 6.14. The van der Waals surface area contributed by atoms with Gasteiger partial charge in [0.2, 0.25) is 5.91 Å². The van der Waals surface area contributed by atoms with E-state index in [1.54, 1.807) is 44.1 Å². The van der Waals surface area contributed by atoms with Crippen LogP contribution in [0.25, 0.3) is 0 Å². The first-order valence-corrected chi connectivity index (χ1v) is 14.9. The summed E-state index contributed by atoms with van der Waals surface area (Å²) >= 11 is 1.57. The Morgan fingerprint density at radius 3 is 2.36 bits per heavy atom.